The molecule has 0 fully saturated rings. The van der Waals surface area contributed by atoms with Crippen LogP contribution < -0.4 is 10.2 Å². The normalized spacial score (nSPS) is 14.3. The smallest absolute Gasteiger partial charge is 0.337 e. The van der Waals surface area contributed by atoms with Crippen LogP contribution in [0.15, 0.2) is 42.5 Å². The highest BCUT2D eigenvalue weighted by Gasteiger charge is 2.25. The number of anilines is 1. The Kier molecular flexibility index (Phi) is 5.79. The maximum absolute atomic E-state index is 12.7. The zero-order valence-corrected chi connectivity index (χ0v) is 16.1. The van der Waals surface area contributed by atoms with Gasteiger partial charge in [0.25, 0.3) is 0 Å². The van der Waals surface area contributed by atoms with Gasteiger partial charge in [0, 0.05) is 18.8 Å². The molecule has 5 heteroatoms. The monoisotopic (exact) mass is 366 g/mol. The first-order chi connectivity index (χ1) is 13.0. The lowest BCUT2D eigenvalue weighted by atomic mass is 9.98. The van der Waals surface area contributed by atoms with Crippen LogP contribution in [0.25, 0.3) is 0 Å². The Morgan fingerprint density at radius 2 is 1.93 bits per heavy atom. The third kappa shape index (κ3) is 4.30. The molecular formula is C22H26N2O3. The van der Waals surface area contributed by atoms with Gasteiger partial charge in [0.1, 0.15) is 6.04 Å². The van der Waals surface area contributed by atoms with E-state index >= 15 is 0 Å². The topological polar surface area (TPSA) is 58.6 Å². The standard InChI is InChI=1S/C22H26N2O3/c1-15-6-11-20-19(13-15)5-4-12-24(20)16(2)21(25)23-14-17-7-9-18(10-8-17)22(26)27-3/h6-11,13,16H,4-5,12,14H2,1-3H3,(H,23,25). The molecule has 3 rings (SSSR count). The number of carbonyl (C=O) groups is 2. The Bertz CT molecular complexity index is 830. The average molecular weight is 366 g/mol. The Morgan fingerprint density at radius 3 is 2.63 bits per heavy atom. The number of methoxy groups -OCH3 is 1. The number of ether oxygens (including phenoxy) is 1. The summed E-state index contributed by atoms with van der Waals surface area (Å²) >= 11 is 0. The van der Waals surface area contributed by atoms with Gasteiger partial charge in [0.05, 0.1) is 12.7 Å². The number of amides is 1. The number of rotatable bonds is 5. The second-order valence-corrected chi connectivity index (χ2v) is 7.01. The van der Waals surface area contributed by atoms with Gasteiger partial charge in [-0.05, 0) is 56.0 Å². The van der Waals surface area contributed by atoms with Crippen LogP contribution in [-0.4, -0.2) is 31.6 Å². The molecule has 1 unspecified atom stereocenters. The maximum atomic E-state index is 12.7. The molecule has 0 saturated heterocycles. The summed E-state index contributed by atoms with van der Waals surface area (Å²) in [5.74, 6) is -0.362. The summed E-state index contributed by atoms with van der Waals surface area (Å²) < 4.78 is 4.69. The van der Waals surface area contributed by atoms with Crippen molar-refractivity contribution in [3.8, 4) is 0 Å². The molecule has 1 aliphatic heterocycles. The van der Waals surface area contributed by atoms with E-state index in [4.69, 9.17) is 4.74 Å². The van der Waals surface area contributed by atoms with Gasteiger partial charge in [-0.1, -0.05) is 29.8 Å². The van der Waals surface area contributed by atoms with E-state index in [0.717, 1.165) is 30.6 Å². The van der Waals surface area contributed by atoms with Crippen LogP contribution in [0.4, 0.5) is 5.69 Å². The number of benzene rings is 2. The second kappa shape index (κ2) is 8.25. The highest BCUT2D eigenvalue weighted by Crippen LogP contribution is 2.29. The summed E-state index contributed by atoms with van der Waals surface area (Å²) in [5.41, 5.74) is 5.18. The molecule has 0 saturated carbocycles. The van der Waals surface area contributed by atoms with Crippen molar-refractivity contribution >= 4 is 17.6 Å². The van der Waals surface area contributed by atoms with E-state index in [1.54, 1.807) is 12.1 Å². The molecule has 2 aromatic carbocycles. The van der Waals surface area contributed by atoms with Crippen molar-refractivity contribution in [1.82, 2.24) is 5.32 Å². The number of fused-ring (bicyclic) bond motifs is 1. The third-order valence-corrected chi connectivity index (χ3v) is 5.08. The molecule has 142 valence electrons. The van der Waals surface area contributed by atoms with Gasteiger partial charge in [-0.25, -0.2) is 4.79 Å². The molecule has 0 aromatic heterocycles. The molecule has 0 aliphatic carbocycles. The Balaban J connectivity index is 1.63. The molecule has 27 heavy (non-hydrogen) atoms. The molecule has 1 N–H and O–H groups in total. The van der Waals surface area contributed by atoms with Crippen LogP contribution in [-0.2, 0) is 22.5 Å². The largest absolute Gasteiger partial charge is 0.465 e. The summed E-state index contributed by atoms with van der Waals surface area (Å²) in [7, 11) is 1.36. The summed E-state index contributed by atoms with van der Waals surface area (Å²) in [4.78, 5) is 26.4. The molecule has 1 aliphatic rings. The van der Waals surface area contributed by atoms with Crippen LogP contribution in [0.5, 0.6) is 0 Å². The third-order valence-electron chi connectivity index (χ3n) is 5.08. The molecule has 1 atom stereocenters. The molecule has 0 radical (unpaired) electrons. The molecule has 0 bridgehead atoms. The number of nitrogens with one attached hydrogen (secondary N) is 1. The van der Waals surface area contributed by atoms with Gasteiger partial charge in [0.15, 0.2) is 0 Å². The summed E-state index contributed by atoms with van der Waals surface area (Å²) in [5, 5.41) is 3.00. The lowest BCUT2D eigenvalue weighted by molar-refractivity contribution is -0.122. The first-order valence-electron chi connectivity index (χ1n) is 9.30. The number of nitrogens with zero attached hydrogens (tertiary/aromatic N) is 1. The van der Waals surface area contributed by atoms with Crippen molar-refractivity contribution in [2.75, 3.05) is 18.6 Å². The first kappa shape index (κ1) is 19.0. The van der Waals surface area contributed by atoms with E-state index in [2.05, 4.69) is 35.3 Å². The van der Waals surface area contributed by atoms with Gasteiger partial charge in [0.2, 0.25) is 5.91 Å². The number of hydrogen-bond acceptors (Lipinski definition) is 4. The first-order valence-corrected chi connectivity index (χ1v) is 9.30. The minimum atomic E-state index is -0.363. The van der Waals surface area contributed by atoms with Gasteiger partial charge in [-0.15, -0.1) is 0 Å². The Labute approximate surface area is 160 Å². The lowest BCUT2D eigenvalue weighted by Gasteiger charge is -2.35. The summed E-state index contributed by atoms with van der Waals surface area (Å²) in [6.07, 6.45) is 2.12. The fourth-order valence-corrected chi connectivity index (χ4v) is 3.51. The van der Waals surface area contributed by atoms with E-state index in [1.165, 1.54) is 18.2 Å². The van der Waals surface area contributed by atoms with Crippen molar-refractivity contribution in [1.29, 1.82) is 0 Å². The number of carbonyl (C=O) groups excluding carboxylic acids is 2. The Hall–Kier alpha value is -2.82. The van der Waals surface area contributed by atoms with Crippen molar-refractivity contribution in [3.05, 3.63) is 64.7 Å². The molecule has 1 amide bonds. The SMILES string of the molecule is COC(=O)c1ccc(CNC(=O)C(C)N2CCCc3cc(C)ccc32)cc1. The van der Waals surface area contributed by atoms with Crippen molar-refractivity contribution in [2.45, 2.75) is 39.3 Å². The highest BCUT2D eigenvalue weighted by atomic mass is 16.5. The van der Waals surface area contributed by atoms with E-state index in [-0.39, 0.29) is 17.9 Å². The predicted molar refractivity (Wildman–Crippen MR) is 106 cm³/mol. The highest BCUT2D eigenvalue weighted by molar-refractivity contribution is 5.89. The molecule has 5 nitrogen and oxygen atoms in total. The minimum absolute atomic E-state index is 0.000435. The number of hydrogen-bond donors (Lipinski definition) is 1. The van der Waals surface area contributed by atoms with Gasteiger partial charge in [-0.2, -0.15) is 0 Å². The van der Waals surface area contributed by atoms with Crippen molar-refractivity contribution in [2.24, 2.45) is 0 Å². The summed E-state index contributed by atoms with van der Waals surface area (Å²) in [6.45, 7) is 5.36. The van der Waals surface area contributed by atoms with E-state index in [9.17, 15) is 9.59 Å². The molecule has 2 aromatic rings. The fourth-order valence-electron chi connectivity index (χ4n) is 3.51. The fraction of sp³-hybridized carbons (Fsp3) is 0.364. The van der Waals surface area contributed by atoms with Gasteiger partial charge >= 0.3 is 5.97 Å². The average Bonchev–Trinajstić information content (AvgIpc) is 2.70. The van der Waals surface area contributed by atoms with Crippen LogP contribution in [0.3, 0.4) is 0 Å². The minimum Gasteiger partial charge on any atom is -0.465 e. The van der Waals surface area contributed by atoms with Crippen molar-refractivity contribution < 1.29 is 14.3 Å². The van der Waals surface area contributed by atoms with Crippen molar-refractivity contribution in [3.63, 3.8) is 0 Å². The zero-order valence-electron chi connectivity index (χ0n) is 16.1. The molecule has 1 heterocycles. The van der Waals surface area contributed by atoms with Crippen LogP contribution in [0.2, 0.25) is 0 Å². The Morgan fingerprint density at radius 1 is 1.19 bits per heavy atom. The van der Waals surface area contributed by atoms with E-state index in [1.807, 2.05) is 19.1 Å². The van der Waals surface area contributed by atoms with Crippen LogP contribution in [0.1, 0.15) is 40.4 Å². The van der Waals surface area contributed by atoms with Crippen LogP contribution >= 0.6 is 0 Å². The number of aryl methyl sites for hydroxylation is 2. The van der Waals surface area contributed by atoms with E-state index < -0.39 is 0 Å². The predicted octanol–water partition coefficient (Wildman–Crippen LogP) is 3.24. The van der Waals surface area contributed by atoms with Gasteiger partial charge in [-0.3, -0.25) is 4.79 Å². The van der Waals surface area contributed by atoms with E-state index in [0.29, 0.717) is 12.1 Å². The maximum Gasteiger partial charge on any atom is 0.337 e. The van der Waals surface area contributed by atoms with Gasteiger partial charge < -0.3 is 15.0 Å². The summed E-state index contributed by atoms with van der Waals surface area (Å²) in [6, 6.07) is 13.3. The lowest BCUT2D eigenvalue weighted by Crippen LogP contribution is -2.47. The molecular weight excluding hydrogens is 340 g/mol. The quantitative estimate of drug-likeness (QED) is 0.826. The van der Waals surface area contributed by atoms with Crippen LogP contribution in [0, 0.1) is 6.92 Å². The second-order valence-electron chi connectivity index (χ2n) is 7.01. The number of esters is 1. The molecule has 0 spiro atoms. The zero-order chi connectivity index (χ0) is 19.4.